The molecule has 0 nitrogen and oxygen atoms in total. The van der Waals surface area contributed by atoms with Gasteiger partial charge in [0.15, 0.2) is 0 Å². The summed E-state index contributed by atoms with van der Waals surface area (Å²) in [4.78, 5) is 0. The molecule has 0 aliphatic rings. The SMILES string of the molecule is P.[Pd].[Pd].c1ccc([PH](c2ccccc2)(c2ccccc2)c2ccccc2)cc1. The second-order valence-electron chi connectivity index (χ2n) is 6.21. The Labute approximate surface area is 199 Å². The van der Waals surface area contributed by atoms with E-state index in [1.165, 1.54) is 21.2 Å². The van der Waals surface area contributed by atoms with Crippen molar-refractivity contribution in [3.05, 3.63) is 121 Å². The van der Waals surface area contributed by atoms with Gasteiger partial charge in [-0.05, 0) is 0 Å². The molecule has 150 valence electrons. The van der Waals surface area contributed by atoms with E-state index < -0.39 is 7.26 Å². The molecule has 0 bridgehead atoms. The standard InChI is InChI=1S/C24H21P.H3P.2Pd/c1-5-13-21(14-6-1)25(22-15-7-2-8-16-22,23-17-9-3-10-18-23)24-19-11-4-12-20-24;;;/h1-20,25H;1H3;;. The normalized spacial score (nSPS) is 10.6. The Bertz CT molecular complexity index is 768. The van der Waals surface area contributed by atoms with Crippen LogP contribution in [0.1, 0.15) is 0 Å². The van der Waals surface area contributed by atoms with Gasteiger partial charge < -0.3 is 0 Å². The van der Waals surface area contributed by atoms with Crippen LogP contribution in [-0.2, 0) is 40.8 Å². The molecular weight excluding hydrogens is 563 g/mol. The molecule has 4 aromatic carbocycles. The summed E-state index contributed by atoms with van der Waals surface area (Å²) in [6.07, 6.45) is 0. The molecule has 0 radical (unpaired) electrons. The van der Waals surface area contributed by atoms with Crippen molar-refractivity contribution in [1.82, 2.24) is 0 Å². The molecule has 0 aromatic heterocycles. The van der Waals surface area contributed by atoms with Crippen LogP contribution >= 0.6 is 17.2 Å². The molecule has 0 amide bonds. The molecule has 0 aliphatic carbocycles. The molecule has 1 unspecified atom stereocenters. The molecule has 0 aliphatic heterocycles. The Morgan fingerprint density at radius 3 is 0.679 bits per heavy atom. The number of hydrogen-bond donors (Lipinski definition) is 0. The molecule has 0 spiro atoms. The number of rotatable bonds is 4. The van der Waals surface area contributed by atoms with Gasteiger partial charge in [-0.2, -0.15) is 9.90 Å². The van der Waals surface area contributed by atoms with Crippen molar-refractivity contribution in [2.24, 2.45) is 0 Å². The first-order chi connectivity index (χ1) is 12.4. The zero-order valence-electron chi connectivity index (χ0n) is 15.4. The average Bonchev–Trinajstić information content (AvgIpc) is 2.72. The monoisotopic (exact) mass is 586 g/mol. The molecule has 0 heterocycles. The first-order valence-electron chi connectivity index (χ1n) is 8.64. The first-order valence-corrected chi connectivity index (χ1v) is 10.6. The zero-order chi connectivity index (χ0) is 17.0. The minimum absolute atomic E-state index is 0. The molecular formula is C24H24P2Pd2. The van der Waals surface area contributed by atoms with Crippen LogP contribution in [0.2, 0.25) is 0 Å². The van der Waals surface area contributed by atoms with Crippen LogP contribution in [0.25, 0.3) is 0 Å². The van der Waals surface area contributed by atoms with E-state index in [-0.39, 0.29) is 50.7 Å². The second kappa shape index (κ2) is 11.9. The maximum atomic E-state index is 2.29. The summed E-state index contributed by atoms with van der Waals surface area (Å²) >= 11 is 0. The van der Waals surface area contributed by atoms with E-state index in [0.29, 0.717) is 0 Å². The van der Waals surface area contributed by atoms with Crippen molar-refractivity contribution in [3.8, 4) is 0 Å². The summed E-state index contributed by atoms with van der Waals surface area (Å²) in [5.41, 5.74) is 0. The number of benzene rings is 4. The summed E-state index contributed by atoms with van der Waals surface area (Å²) in [5, 5.41) is 5.66. The third-order valence-electron chi connectivity index (χ3n) is 4.83. The molecule has 0 saturated carbocycles. The molecule has 1 atom stereocenters. The van der Waals surface area contributed by atoms with E-state index in [4.69, 9.17) is 0 Å². The van der Waals surface area contributed by atoms with Crippen molar-refractivity contribution in [2.45, 2.75) is 0 Å². The quantitative estimate of drug-likeness (QED) is 0.250. The summed E-state index contributed by atoms with van der Waals surface area (Å²) in [7, 11) is -2.30. The van der Waals surface area contributed by atoms with Crippen molar-refractivity contribution in [1.29, 1.82) is 0 Å². The van der Waals surface area contributed by atoms with Gasteiger partial charge in [-0.25, -0.2) is 0 Å². The zero-order valence-corrected chi connectivity index (χ0v) is 20.9. The molecule has 28 heavy (non-hydrogen) atoms. The third-order valence-corrected chi connectivity index (χ3v) is 9.62. The van der Waals surface area contributed by atoms with Crippen molar-refractivity contribution >= 4 is 38.4 Å². The first kappa shape index (κ1) is 25.1. The van der Waals surface area contributed by atoms with E-state index in [0.717, 1.165) is 0 Å². The Kier molecular flexibility index (Phi) is 10.7. The molecule has 0 fully saturated rings. The van der Waals surface area contributed by atoms with Gasteiger partial charge in [0.25, 0.3) is 0 Å². The number of hydrogen-bond acceptors (Lipinski definition) is 0. The van der Waals surface area contributed by atoms with Crippen molar-refractivity contribution in [3.63, 3.8) is 0 Å². The summed E-state index contributed by atoms with van der Waals surface area (Å²) in [6.45, 7) is 0. The fraction of sp³-hybridized carbons (Fsp3) is 0. The van der Waals surface area contributed by atoms with Gasteiger partial charge in [-0.3, -0.25) is 0 Å². The van der Waals surface area contributed by atoms with Gasteiger partial charge in [0.1, 0.15) is 0 Å². The van der Waals surface area contributed by atoms with Crippen LogP contribution in [0.5, 0.6) is 0 Å². The third kappa shape index (κ3) is 4.79. The predicted octanol–water partition coefficient (Wildman–Crippen LogP) is 4.09. The van der Waals surface area contributed by atoms with Crippen LogP contribution in [0.4, 0.5) is 0 Å². The maximum absolute atomic E-state index is 2.30. The van der Waals surface area contributed by atoms with Gasteiger partial charge >= 0.3 is 150 Å². The van der Waals surface area contributed by atoms with Crippen LogP contribution in [0.15, 0.2) is 121 Å². The van der Waals surface area contributed by atoms with Gasteiger partial charge in [0, 0.05) is 40.8 Å². The second-order valence-corrected chi connectivity index (χ2v) is 10.0. The van der Waals surface area contributed by atoms with E-state index >= 15 is 0 Å². The summed E-state index contributed by atoms with van der Waals surface area (Å²) in [6, 6.07) is 44.0. The van der Waals surface area contributed by atoms with Crippen molar-refractivity contribution in [2.75, 3.05) is 0 Å². The predicted molar refractivity (Wildman–Crippen MR) is 124 cm³/mol. The molecule has 0 saturated heterocycles. The Morgan fingerprint density at radius 2 is 0.500 bits per heavy atom. The van der Waals surface area contributed by atoms with Gasteiger partial charge in [0.05, 0.1) is 0 Å². The Morgan fingerprint density at radius 1 is 0.321 bits per heavy atom. The van der Waals surface area contributed by atoms with E-state index in [2.05, 4.69) is 121 Å². The van der Waals surface area contributed by atoms with Crippen LogP contribution in [0, 0.1) is 0 Å². The fourth-order valence-corrected chi connectivity index (χ4v) is 8.52. The van der Waals surface area contributed by atoms with Crippen molar-refractivity contribution < 1.29 is 40.8 Å². The van der Waals surface area contributed by atoms with Crippen LogP contribution < -0.4 is 21.2 Å². The minimum atomic E-state index is -2.30. The molecule has 4 heteroatoms. The van der Waals surface area contributed by atoms with E-state index in [1.807, 2.05) is 0 Å². The summed E-state index contributed by atoms with van der Waals surface area (Å²) < 4.78 is 0. The molecule has 0 N–H and O–H groups in total. The van der Waals surface area contributed by atoms with Gasteiger partial charge in [0.2, 0.25) is 0 Å². The van der Waals surface area contributed by atoms with Crippen LogP contribution in [0.3, 0.4) is 0 Å². The Hall–Kier alpha value is -0.935. The molecule has 4 rings (SSSR count). The van der Waals surface area contributed by atoms with Crippen LogP contribution in [-0.4, -0.2) is 0 Å². The molecule has 4 aromatic rings. The summed E-state index contributed by atoms with van der Waals surface area (Å²) in [5.74, 6) is 0. The topological polar surface area (TPSA) is 0 Å². The van der Waals surface area contributed by atoms with Gasteiger partial charge in [-0.1, -0.05) is 0 Å². The van der Waals surface area contributed by atoms with Gasteiger partial charge in [-0.15, -0.1) is 0 Å². The Balaban J connectivity index is 0.00000131. The van der Waals surface area contributed by atoms with E-state index in [9.17, 15) is 0 Å². The fourth-order valence-electron chi connectivity index (χ4n) is 3.75. The average molecular weight is 587 g/mol. The van der Waals surface area contributed by atoms with E-state index in [1.54, 1.807) is 0 Å².